The highest BCUT2D eigenvalue weighted by atomic mass is 16.5. The summed E-state index contributed by atoms with van der Waals surface area (Å²) in [5.41, 5.74) is 3.97. The smallest absolute Gasteiger partial charge is 0.331 e. The van der Waals surface area contributed by atoms with Gasteiger partial charge < -0.3 is 19.7 Å². The molecule has 0 aliphatic rings. The number of hydrogen-bond acceptors (Lipinski definition) is 5. The topological polar surface area (TPSA) is 76.0 Å². The van der Waals surface area contributed by atoms with Crippen molar-refractivity contribution in [3.05, 3.63) is 58.2 Å². The predicted octanol–water partition coefficient (Wildman–Crippen LogP) is 3.54. The SMILES string of the molecule is CC(C)=CCOC(=O)/C=C/c1cc(CO)c(OCC=C(C)C)c(CO)c1. The number of aliphatic hydroxyl groups excluding tert-OH is 2. The second-order valence-corrected chi connectivity index (χ2v) is 6.32. The molecule has 0 unspecified atom stereocenters. The summed E-state index contributed by atoms with van der Waals surface area (Å²) in [7, 11) is 0. The van der Waals surface area contributed by atoms with Crippen LogP contribution < -0.4 is 4.74 Å². The summed E-state index contributed by atoms with van der Waals surface area (Å²) < 4.78 is 10.8. The number of benzene rings is 1. The Hall–Kier alpha value is -2.37. The van der Waals surface area contributed by atoms with Gasteiger partial charge in [-0.3, -0.25) is 0 Å². The van der Waals surface area contributed by atoms with Crippen molar-refractivity contribution >= 4 is 12.0 Å². The molecule has 0 aliphatic carbocycles. The van der Waals surface area contributed by atoms with Gasteiger partial charge in [0.15, 0.2) is 0 Å². The van der Waals surface area contributed by atoms with E-state index in [0.29, 0.717) is 29.0 Å². The van der Waals surface area contributed by atoms with Crippen molar-refractivity contribution in [1.29, 1.82) is 0 Å². The van der Waals surface area contributed by atoms with Crippen LogP contribution in [0.3, 0.4) is 0 Å². The van der Waals surface area contributed by atoms with Crippen LogP contribution in [0.15, 0.2) is 41.5 Å². The maximum atomic E-state index is 11.7. The number of ether oxygens (including phenoxy) is 2. The molecule has 0 amide bonds. The Morgan fingerprint density at radius 1 is 0.962 bits per heavy atom. The third-order valence-corrected chi connectivity index (χ3v) is 3.45. The van der Waals surface area contributed by atoms with E-state index in [1.54, 1.807) is 18.2 Å². The normalized spacial score (nSPS) is 10.5. The molecule has 1 rings (SSSR count). The van der Waals surface area contributed by atoms with Crippen molar-refractivity contribution < 1.29 is 24.5 Å². The Kier molecular flexibility index (Phi) is 9.41. The van der Waals surface area contributed by atoms with E-state index in [-0.39, 0.29) is 19.8 Å². The zero-order valence-corrected chi connectivity index (χ0v) is 15.9. The highest BCUT2D eigenvalue weighted by Crippen LogP contribution is 2.27. The molecule has 0 atom stereocenters. The molecule has 0 fully saturated rings. The van der Waals surface area contributed by atoms with Gasteiger partial charge >= 0.3 is 5.97 Å². The van der Waals surface area contributed by atoms with Crippen molar-refractivity contribution in [2.45, 2.75) is 40.9 Å². The van der Waals surface area contributed by atoms with E-state index < -0.39 is 5.97 Å². The van der Waals surface area contributed by atoms with Crippen LogP contribution in [0, 0.1) is 0 Å². The third kappa shape index (κ3) is 7.68. The molecule has 5 nitrogen and oxygen atoms in total. The van der Waals surface area contributed by atoms with E-state index in [4.69, 9.17) is 9.47 Å². The number of hydrogen-bond donors (Lipinski definition) is 2. The molecule has 26 heavy (non-hydrogen) atoms. The van der Waals surface area contributed by atoms with Crippen LogP contribution in [-0.2, 0) is 22.7 Å². The molecule has 1 aromatic carbocycles. The van der Waals surface area contributed by atoms with Crippen molar-refractivity contribution in [2.75, 3.05) is 13.2 Å². The first kappa shape index (κ1) is 21.7. The van der Waals surface area contributed by atoms with E-state index in [1.165, 1.54) is 6.08 Å². The molecule has 0 spiro atoms. The average Bonchev–Trinajstić information content (AvgIpc) is 2.59. The molecule has 0 heterocycles. The standard InChI is InChI=1S/C21H28O5/c1-15(2)7-9-25-20(24)6-5-17-11-18(13-22)21(19(12-17)14-23)26-10-8-16(3)4/h5-8,11-12,22-23H,9-10,13-14H2,1-4H3/b6-5+. The molecule has 0 aromatic heterocycles. The third-order valence-electron chi connectivity index (χ3n) is 3.45. The molecule has 0 bridgehead atoms. The predicted molar refractivity (Wildman–Crippen MR) is 103 cm³/mol. The zero-order valence-electron chi connectivity index (χ0n) is 15.9. The van der Waals surface area contributed by atoms with Gasteiger partial charge in [-0.05, 0) is 63.6 Å². The molecule has 2 N–H and O–H groups in total. The summed E-state index contributed by atoms with van der Waals surface area (Å²) in [6, 6.07) is 3.44. The first-order chi connectivity index (χ1) is 12.4. The number of carbonyl (C=O) groups excluding carboxylic acids is 1. The molecule has 0 radical (unpaired) electrons. The van der Waals surface area contributed by atoms with Crippen LogP contribution in [0.1, 0.15) is 44.4 Å². The molecule has 1 aromatic rings. The maximum absolute atomic E-state index is 11.7. The minimum Gasteiger partial charge on any atom is -0.489 e. The number of allylic oxidation sites excluding steroid dienone is 2. The number of aliphatic hydroxyl groups is 2. The molecular formula is C21H28O5. The lowest BCUT2D eigenvalue weighted by Gasteiger charge is -2.14. The van der Waals surface area contributed by atoms with Gasteiger partial charge in [-0.2, -0.15) is 0 Å². The van der Waals surface area contributed by atoms with Gasteiger partial charge in [0, 0.05) is 17.2 Å². The first-order valence-corrected chi connectivity index (χ1v) is 8.49. The average molecular weight is 360 g/mol. The fraction of sp³-hybridized carbons (Fsp3) is 0.381. The van der Waals surface area contributed by atoms with Crippen LogP contribution in [-0.4, -0.2) is 29.4 Å². The van der Waals surface area contributed by atoms with Crippen molar-refractivity contribution in [3.63, 3.8) is 0 Å². The van der Waals surface area contributed by atoms with E-state index in [2.05, 4.69) is 0 Å². The fourth-order valence-electron chi connectivity index (χ4n) is 2.09. The summed E-state index contributed by atoms with van der Waals surface area (Å²) in [4.78, 5) is 11.7. The number of esters is 1. The summed E-state index contributed by atoms with van der Waals surface area (Å²) in [5, 5.41) is 19.2. The summed E-state index contributed by atoms with van der Waals surface area (Å²) in [6.07, 6.45) is 6.64. The Labute approximate surface area is 155 Å². The van der Waals surface area contributed by atoms with E-state index in [1.807, 2.05) is 39.8 Å². The monoisotopic (exact) mass is 360 g/mol. The summed E-state index contributed by atoms with van der Waals surface area (Å²) in [6.45, 7) is 7.91. The van der Waals surface area contributed by atoms with Crippen molar-refractivity contribution in [3.8, 4) is 5.75 Å². The van der Waals surface area contributed by atoms with Crippen LogP contribution in [0.4, 0.5) is 0 Å². The van der Waals surface area contributed by atoms with Gasteiger partial charge in [0.1, 0.15) is 19.0 Å². The Morgan fingerprint density at radius 2 is 1.50 bits per heavy atom. The van der Waals surface area contributed by atoms with Crippen LogP contribution in [0.2, 0.25) is 0 Å². The van der Waals surface area contributed by atoms with Crippen LogP contribution in [0.25, 0.3) is 6.08 Å². The van der Waals surface area contributed by atoms with E-state index in [0.717, 1.165) is 11.1 Å². The molecule has 0 saturated heterocycles. The second-order valence-electron chi connectivity index (χ2n) is 6.32. The van der Waals surface area contributed by atoms with Gasteiger partial charge in [-0.1, -0.05) is 11.1 Å². The highest BCUT2D eigenvalue weighted by molar-refractivity contribution is 5.87. The van der Waals surface area contributed by atoms with Gasteiger partial charge in [-0.15, -0.1) is 0 Å². The largest absolute Gasteiger partial charge is 0.489 e. The van der Waals surface area contributed by atoms with Gasteiger partial charge in [0.25, 0.3) is 0 Å². The minimum absolute atomic E-state index is 0.229. The Balaban J connectivity index is 2.93. The minimum atomic E-state index is -0.456. The molecule has 0 aliphatic heterocycles. The van der Waals surface area contributed by atoms with Gasteiger partial charge in [0.05, 0.1) is 13.2 Å². The first-order valence-electron chi connectivity index (χ1n) is 8.49. The second kappa shape index (κ2) is 11.3. The van der Waals surface area contributed by atoms with E-state index >= 15 is 0 Å². The lowest BCUT2D eigenvalue weighted by molar-refractivity contribution is -0.136. The van der Waals surface area contributed by atoms with Gasteiger partial charge in [-0.25, -0.2) is 4.79 Å². The quantitative estimate of drug-likeness (QED) is 0.400. The molecule has 0 saturated carbocycles. The van der Waals surface area contributed by atoms with Gasteiger partial charge in [0.2, 0.25) is 0 Å². The zero-order chi connectivity index (χ0) is 19.5. The van der Waals surface area contributed by atoms with Crippen LogP contribution >= 0.6 is 0 Å². The lowest BCUT2D eigenvalue weighted by Crippen LogP contribution is -2.04. The molecule has 142 valence electrons. The molecule has 5 heteroatoms. The van der Waals surface area contributed by atoms with Crippen molar-refractivity contribution in [2.24, 2.45) is 0 Å². The maximum Gasteiger partial charge on any atom is 0.331 e. The summed E-state index contributed by atoms with van der Waals surface area (Å²) >= 11 is 0. The number of rotatable bonds is 9. The Bertz CT molecular complexity index is 665. The lowest BCUT2D eigenvalue weighted by atomic mass is 10.0. The highest BCUT2D eigenvalue weighted by Gasteiger charge is 2.11. The fourth-order valence-corrected chi connectivity index (χ4v) is 2.09. The summed E-state index contributed by atoms with van der Waals surface area (Å²) in [5.74, 6) is 0.0123. The van der Waals surface area contributed by atoms with E-state index in [9.17, 15) is 15.0 Å². The van der Waals surface area contributed by atoms with Crippen LogP contribution in [0.5, 0.6) is 5.75 Å². The Morgan fingerprint density at radius 3 is 2.00 bits per heavy atom. The number of carbonyl (C=O) groups is 1. The van der Waals surface area contributed by atoms with Crippen molar-refractivity contribution in [1.82, 2.24) is 0 Å². The molecular weight excluding hydrogens is 332 g/mol.